The summed E-state index contributed by atoms with van der Waals surface area (Å²) >= 11 is 0. The van der Waals surface area contributed by atoms with Crippen LogP contribution in [0.2, 0.25) is 0 Å². The van der Waals surface area contributed by atoms with E-state index in [1.807, 2.05) is 0 Å². The molecule has 2 amide bonds. The molecule has 102 valence electrons. The molecule has 8 heteroatoms. The van der Waals surface area contributed by atoms with E-state index in [2.05, 4.69) is 20.8 Å². The van der Waals surface area contributed by atoms with Gasteiger partial charge < -0.3 is 15.4 Å². The molecule has 0 radical (unpaired) electrons. The molecule has 0 saturated carbocycles. The van der Waals surface area contributed by atoms with Crippen LogP contribution in [0.3, 0.4) is 0 Å². The molecule has 1 aliphatic rings. The second-order valence-corrected chi connectivity index (χ2v) is 4.03. The lowest BCUT2D eigenvalue weighted by Crippen LogP contribution is -2.37. The van der Waals surface area contributed by atoms with E-state index in [-0.39, 0.29) is 29.8 Å². The number of hydrogen-bond donors (Lipinski definition) is 3. The molecule has 3 N–H and O–H groups in total. The predicted octanol–water partition coefficient (Wildman–Crippen LogP) is -0.196. The Bertz CT molecular complexity index is 511. The van der Waals surface area contributed by atoms with Gasteiger partial charge in [0.2, 0.25) is 11.8 Å². The lowest BCUT2D eigenvalue weighted by Gasteiger charge is -2.10. The van der Waals surface area contributed by atoms with E-state index in [4.69, 9.17) is 4.74 Å². The van der Waals surface area contributed by atoms with Gasteiger partial charge in [-0.2, -0.15) is 5.10 Å². The monoisotopic (exact) mass is 266 g/mol. The van der Waals surface area contributed by atoms with Crippen LogP contribution in [0.25, 0.3) is 0 Å². The molecule has 1 atom stereocenters. The van der Waals surface area contributed by atoms with Gasteiger partial charge in [0.1, 0.15) is 17.4 Å². The molecule has 0 aliphatic carbocycles. The first kappa shape index (κ1) is 13.1. The van der Waals surface area contributed by atoms with Gasteiger partial charge in [-0.3, -0.25) is 14.7 Å². The van der Waals surface area contributed by atoms with Crippen LogP contribution in [0.15, 0.2) is 6.20 Å². The second-order valence-electron chi connectivity index (χ2n) is 4.03. The predicted molar refractivity (Wildman–Crippen MR) is 64.3 cm³/mol. The van der Waals surface area contributed by atoms with E-state index in [1.165, 1.54) is 6.20 Å². The molecule has 1 aromatic heterocycles. The molecule has 1 aromatic rings. The molecule has 2 rings (SSSR count). The van der Waals surface area contributed by atoms with Crippen LogP contribution in [0.5, 0.6) is 0 Å². The molecule has 19 heavy (non-hydrogen) atoms. The number of carbonyl (C=O) groups is 3. The van der Waals surface area contributed by atoms with Crippen molar-refractivity contribution in [1.29, 1.82) is 0 Å². The molecule has 1 saturated heterocycles. The molecule has 2 heterocycles. The second kappa shape index (κ2) is 5.51. The summed E-state index contributed by atoms with van der Waals surface area (Å²) < 4.78 is 4.83. The molecule has 1 unspecified atom stereocenters. The highest BCUT2D eigenvalue weighted by Gasteiger charge is 2.28. The number of carbonyl (C=O) groups excluding carboxylic acids is 3. The quantitative estimate of drug-likeness (QED) is 0.653. The fourth-order valence-electron chi connectivity index (χ4n) is 1.77. The molecule has 1 fully saturated rings. The lowest BCUT2D eigenvalue weighted by atomic mass is 10.2. The van der Waals surface area contributed by atoms with Crippen molar-refractivity contribution in [2.75, 3.05) is 11.9 Å². The normalized spacial score (nSPS) is 17.9. The number of aromatic amines is 1. The summed E-state index contributed by atoms with van der Waals surface area (Å²) in [6.07, 6.45) is 2.04. The third kappa shape index (κ3) is 2.90. The molecule has 1 aliphatic heterocycles. The van der Waals surface area contributed by atoms with Gasteiger partial charge in [-0.05, 0) is 13.3 Å². The minimum atomic E-state index is -0.578. The van der Waals surface area contributed by atoms with Gasteiger partial charge in [-0.15, -0.1) is 0 Å². The van der Waals surface area contributed by atoms with Crippen molar-refractivity contribution >= 4 is 23.6 Å². The van der Waals surface area contributed by atoms with Crippen molar-refractivity contribution in [3.8, 4) is 0 Å². The molecular weight excluding hydrogens is 252 g/mol. The molecular formula is C11H14N4O4. The van der Waals surface area contributed by atoms with Gasteiger partial charge >= 0.3 is 5.97 Å². The first-order valence-electron chi connectivity index (χ1n) is 5.92. The van der Waals surface area contributed by atoms with E-state index in [0.29, 0.717) is 12.8 Å². The largest absolute Gasteiger partial charge is 0.462 e. The highest BCUT2D eigenvalue weighted by atomic mass is 16.5. The number of ether oxygens (including phenoxy) is 1. The van der Waals surface area contributed by atoms with Crippen molar-refractivity contribution in [1.82, 2.24) is 15.5 Å². The average Bonchev–Trinajstić information content (AvgIpc) is 2.98. The summed E-state index contributed by atoms with van der Waals surface area (Å²) in [5.41, 5.74) is 0.152. The fourth-order valence-corrected chi connectivity index (χ4v) is 1.77. The fraction of sp³-hybridized carbons (Fsp3) is 0.455. The number of rotatable bonds is 4. The molecule has 0 bridgehead atoms. The van der Waals surface area contributed by atoms with Crippen LogP contribution in [0.1, 0.15) is 30.1 Å². The Labute approximate surface area is 108 Å². The van der Waals surface area contributed by atoms with Crippen LogP contribution < -0.4 is 10.6 Å². The van der Waals surface area contributed by atoms with E-state index >= 15 is 0 Å². The molecule has 8 nitrogen and oxygen atoms in total. The Morgan fingerprint density at radius 1 is 1.58 bits per heavy atom. The summed E-state index contributed by atoms with van der Waals surface area (Å²) in [5, 5.41) is 11.3. The van der Waals surface area contributed by atoms with Crippen LogP contribution in [-0.4, -0.2) is 40.6 Å². The first-order chi connectivity index (χ1) is 9.11. The number of nitrogens with one attached hydrogen (secondary N) is 3. The van der Waals surface area contributed by atoms with Crippen LogP contribution in [-0.2, 0) is 14.3 Å². The van der Waals surface area contributed by atoms with E-state index in [9.17, 15) is 14.4 Å². The SMILES string of the molecule is CCOC(=O)c1cn[nH]c1NC(=O)C1CCC(=O)N1. The maximum Gasteiger partial charge on any atom is 0.343 e. The van der Waals surface area contributed by atoms with Gasteiger partial charge in [0.05, 0.1) is 12.8 Å². The minimum Gasteiger partial charge on any atom is -0.462 e. The van der Waals surface area contributed by atoms with Gasteiger partial charge in [0.25, 0.3) is 0 Å². The first-order valence-corrected chi connectivity index (χ1v) is 5.92. The zero-order valence-electron chi connectivity index (χ0n) is 10.4. The van der Waals surface area contributed by atoms with Gasteiger partial charge in [0.15, 0.2) is 0 Å². The number of nitrogens with zero attached hydrogens (tertiary/aromatic N) is 1. The number of esters is 1. The summed E-state index contributed by atoms with van der Waals surface area (Å²) in [5.74, 6) is -0.942. The van der Waals surface area contributed by atoms with Crippen molar-refractivity contribution in [3.05, 3.63) is 11.8 Å². The number of hydrogen-bond acceptors (Lipinski definition) is 5. The summed E-state index contributed by atoms with van der Waals surface area (Å²) in [4.78, 5) is 34.5. The van der Waals surface area contributed by atoms with E-state index in [0.717, 1.165) is 0 Å². The summed E-state index contributed by atoms with van der Waals surface area (Å²) in [7, 11) is 0. The average molecular weight is 266 g/mol. The van der Waals surface area contributed by atoms with Gasteiger partial charge in [0, 0.05) is 6.42 Å². The zero-order chi connectivity index (χ0) is 13.8. The van der Waals surface area contributed by atoms with E-state index < -0.39 is 12.0 Å². The lowest BCUT2D eigenvalue weighted by molar-refractivity contribution is -0.122. The van der Waals surface area contributed by atoms with Gasteiger partial charge in [-0.25, -0.2) is 4.79 Å². The number of anilines is 1. The Balaban J connectivity index is 2.03. The Hall–Kier alpha value is -2.38. The Morgan fingerprint density at radius 2 is 2.37 bits per heavy atom. The van der Waals surface area contributed by atoms with E-state index in [1.54, 1.807) is 6.92 Å². The maximum absolute atomic E-state index is 11.9. The van der Waals surface area contributed by atoms with Gasteiger partial charge in [-0.1, -0.05) is 0 Å². The topological polar surface area (TPSA) is 113 Å². The van der Waals surface area contributed by atoms with Crippen molar-refractivity contribution in [2.24, 2.45) is 0 Å². The maximum atomic E-state index is 11.9. The number of aromatic nitrogens is 2. The zero-order valence-corrected chi connectivity index (χ0v) is 10.4. The standard InChI is InChI=1S/C11H14N4O4/c1-2-19-11(18)6-5-12-15-9(6)14-10(17)7-3-4-8(16)13-7/h5,7H,2-4H2,1H3,(H,13,16)(H2,12,14,15,17). The minimum absolute atomic E-state index is 0.152. The summed E-state index contributed by atoms with van der Waals surface area (Å²) in [6, 6.07) is -0.578. The molecule has 0 aromatic carbocycles. The smallest absolute Gasteiger partial charge is 0.343 e. The molecule has 0 spiro atoms. The third-order valence-corrected chi connectivity index (χ3v) is 2.69. The van der Waals surface area contributed by atoms with Crippen molar-refractivity contribution < 1.29 is 19.1 Å². The van der Waals surface area contributed by atoms with Crippen molar-refractivity contribution in [2.45, 2.75) is 25.8 Å². The Kier molecular flexibility index (Phi) is 3.79. The van der Waals surface area contributed by atoms with Crippen LogP contribution >= 0.6 is 0 Å². The third-order valence-electron chi connectivity index (χ3n) is 2.69. The highest BCUT2D eigenvalue weighted by Crippen LogP contribution is 2.14. The Morgan fingerprint density at radius 3 is 3.00 bits per heavy atom. The number of amides is 2. The summed E-state index contributed by atoms with van der Waals surface area (Å²) in [6.45, 7) is 1.92. The highest BCUT2D eigenvalue weighted by molar-refractivity contribution is 6.03. The number of H-pyrrole nitrogens is 1. The van der Waals surface area contributed by atoms with Crippen molar-refractivity contribution in [3.63, 3.8) is 0 Å². The van der Waals surface area contributed by atoms with Crippen LogP contribution in [0.4, 0.5) is 5.82 Å². The van der Waals surface area contributed by atoms with Crippen LogP contribution in [0, 0.1) is 0 Å².